The van der Waals surface area contributed by atoms with E-state index in [4.69, 9.17) is 11.6 Å². The van der Waals surface area contributed by atoms with Crippen LogP contribution >= 0.6 is 11.6 Å². The second-order valence-electron chi connectivity index (χ2n) is 6.05. The lowest BCUT2D eigenvalue weighted by atomic mass is 9.84. The molecule has 1 saturated carbocycles. The minimum absolute atomic E-state index is 0.191. The van der Waals surface area contributed by atoms with Crippen LogP contribution < -0.4 is 0 Å². The molecule has 0 spiro atoms. The summed E-state index contributed by atoms with van der Waals surface area (Å²) in [5, 5.41) is 0. The number of nitrogens with zero attached hydrogens (tertiary/aromatic N) is 2. The molecule has 114 valence electrons. The molecule has 1 heterocycles. The third-order valence-corrected chi connectivity index (χ3v) is 4.99. The van der Waals surface area contributed by atoms with E-state index < -0.39 is 0 Å². The van der Waals surface area contributed by atoms with Crippen molar-refractivity contribution in [1.29, 1.82) is 0 Å². The molecule has 2 nitrogen and oxygen atoms in total. The van der Waals surface area contributed by atoms with Gasteiger partial charge in [-0.2, -0.15) is 0 Å². The predicted octanol–water partition coefficient (Wildman–Crippen LogP) is 5.10. The first-order valence-corrected chi connectivity index (χ1v) is 8.48. The van der Waals surface area contributed by atoms with Crippen LogP contribution in [0.15, 0.2) is 18.2 Å². The van der Waals surface area contributed by atoms with Gasteiger partial charge in [-0.25, -0.2) is 9.37 Å². The molecule has 1 aliphatic carbocycles. The van der Waals surface area contributed by atoms with Crippen LogP contribution in [0, 0.1) is 11.7 Å². The van der Waals surface area contributed by atoms with Crippen molar-refractivity contribution in [1.82, 2.24) is 9.55 Å². The molecule has 4 heteroatoms. The van der Waals surface area contributed by atoms with Gasteiger partial charge in [-0.3, -0.25) is 0 Å². The zero-order valence-corrected chi connectivity index (χ0v) is 13.2. The topological polar surface area (TPSA) is 17.8 Å². The average Bonchev–Trinajstić information content (AvgIpc) is 2.85. The van der Waals surface area contributed by atoms with E-state index in [9.17, 15) is 4.39 Å². The number of fused-ring (bicyclic) bond motifs is 1. The summed E-state index contributed by atoms with van der Waals surface area (Å²) in [7, 11) is 0. The van der Waals surface area contributed by atoms with Crippen LogP contribution in [0.3, 0.4) is 0 Å². The third-order valence-electron chi connectivity index (χ3n) is 4.80. The number of hydrogen-bond acceptors (Lipinski definition) is 1. The minimum Gasteiger partial charge on any atom is -0.325 e. The number of aryl methyl sites for hydroxylation is 1. The van der Waals surface area contributed by atoms with E-state index in [0.29, 0.717) is 11.9 Å². The Morgan fingerprint density at radius 2 is 2.05 bits per heavy atom. The summed E-state index contributed by atoms with van der Waals surface area (Å²) in [4.78, 5) is 4.67. The summed E-state index contributed by atoms with van der Waals surface area (Å²) < 4.78 is 15.9. The third kappa shape index (κ3) is 2.94. The van der Waals surface area contributed by atoms with Crippen molar-refractivity contribution in [3.8, 4) is 0 Å². The first-order valence-electron chi connectivity index (χ1n) is 7.95. The van der Waals surface area contributed by atoms with Gasteiger partial charge in [-0.15, -0.1) is 11.6 Å². The summed E-state index contributed by atoms with van der Waals surface area (Å²) in [5.74, 6) is 2.22. The Balaban J connectivity index is 1.98. The number of rotatable bonds is 4. The lowest BCUT2D eigenvalue weighted by Crippen LogP contribution is -2.19. The molecule has 0 radical (unpaired) electrons. The fourth-order valence-corrected chi connectivity index (χ4v) is 3.76. The molecule has 1 aliphatic rings. The average molecular weight is 309 g/mol. The van der Waals surface area contributed by atoms with Gasteiger partial charge in [0.2, 0.25) is 0 Å². The van der Waals surface area contributed by atoms with Gasteiger partial charge in [0.15, 0.2) is 0 Å². The molecule has 3 rings (SSSR count). The van der Waals surface area contributed by atoms with Crippen molar-refractivity contribution in [2.24, 2.45) is 5.92 Å². The summed E-state index contributed by atoms with van der Waals surface area (Å²) in [6.07, 6.45) is 6.85. The molecule has 0 bridgehead atoms. The Morgan fingerprint density at radius 3 is 2.71 bits per heavy atom. The van der Waals surface area contributed by atoms with Gasteiger partial charge in [0.05, 0.1) is 11.0 Å². The molecule has 0 aliphatic heterocycles. The fourth-order valence-electron chi connectivity index (χ4n) is 3.60. The van der Waals surface area contributed by atoms with Crippen molar-refractivity contribution in [2.75, 3.05) is 5.88 Å². The van der Waals surface area contributed by atoms with E-state index in [1.807, 2.05) is 0 Å². The van der Waals surface area contributed by atoms with Crippen molar-refractivity contribution in [3.63, 3.8) is 0 Å². The second-order valence-corrected chi connectivity index (χ2v) is 6.43. The summed E-state index contributed by atoms with van der Waals surface area (Å²) in [5.41, 5.74) is 1.81. The molecule has 0 unspecified atom stereocenters. The van der Waals surface area contributed by atoms with Crippen LogP contribution in [0.4, 0.5) is 4.39 Å². The second kappa shape index (κ2) is 6.35. The highest BCUT2D eigenvalue weighted by molar-refractivity contribution is 6.17. The van der Waals surface area contributed by atoms with Crippen LogP contribution in [0.2, 0.25) is 0 Å². The van der Waals surface area contributed by atoms with E-state index in [1.165, 1.54) is 25.3 Å². The van der Waals surface area contributed by atoms with Gasteiger partial charge in [-0.1, -0.05) is 13.3 Å². The zero-order valence-electron chi connectivity index (χ0n) is 12.5. The Bertz CT molecular complexity index is 615. The molecule has 21 heavy (non-hydrogen) atoms. The molecule has 1 aromatic carbocycles. The van der Waals surface area contributed by atoms with E-state index in [2.05, 4.69) is 16.5 Å². The number of benzene rings is 1. The maximum absolute atomic E-state index is 13.6. The highest BCUT2D eigenvalue weighted by Crippen LogP contribution is 2.36. The molecule has 0 saturated heterocycles. The largest absolute Gasteiger partial charge is 0.325 e. The Hall–Kier alpha value is -1.09. The van der Waals surface area contributed by atoms with Crippen LogP contribution in [0.1, 0.15) is 50.9 Å². The molecular formula is C17H22ClFN2. The van der Waals surface area contributed by atoms with Crippen molar-refractivity contribution < 1.29 is 4.39 Å². The minimum atomic E-state index is -0.191. The van der Waals surface area contributed by atoms with Gasteiger partial charge in [-0.05, 0) is 49.8 Å². The predicted molar refractivity (Wildman–Crippen MR) is 85.4 cm³/mol. The number of hydrogen-bond donors (Lipinski definition) is 0. The molecule has 0 amide bonds. The van der Waals surface area contributed by atoms with E-state index >= 15 is 0 Å². The Kier molecular flexibility index (Phi) is 4.48. The monoisotopic (exact) mass is 308 g/mol. The molecule has 0 N–H and O–H groups in total. The van der Waals surface area contributed by atoms with E-state index in [-0.39, 0.29) is 5.82 Å². The number of aromatic nitrogens is 2. The van der Waals surface area contributed by atoms with Gasteiger partial charge in [0.25, 0.3) is 0 Å². The quantitative estimate of drug-likeness (QED) is 0.719. The lowest BCUT2D eigenvalue weighted by molar-refractivity contribution is 0.270. The highest BCUT2D eigenvalue weighted by atomic mass is 35.5. The van der Waals surface area contributed by atoms with E-state index in [0.717, 1.165) is 42.0 Å². The fraction of sp³-hybridized carbons (Fsp3) is 0.588. The number of imidazole rings is 1. The molecule has 0 atom stereocenters. The van der Waals surface area contributed by atoms with Gasteiger partial charge >= 0.3 is 0 Å². The first kappa shape index (κ1) is 14.8. The van der Waals surface area contributed by atoms with Crippen molar-refractivity contribution in [2.45, 2.75) is 51.5 Å². The standard InChI is InChI=1S/C17H22ClFN2/c1-2-12-3-6-14(7-4-12)21-16-11-13(19)5-8-15(16)20-17(21)9-10-18/h5,8,11-12,14H,2-4,6-7,9-10H2,1H3. The highest BCUT2D eigenvalue weighted by Gasteiger charge is 2.24. The summed E-state index contributed by atoms with van der Waals surface area (Å²) >= 11 is 5.92. The van der Waals surface area contributed by atoms with Crippen LogP contribution in [-0.2, 0) is 6.42 Å². The van der Waals surface area contributed by atoms with Gasteiger partial charge < -0.3 is 4.57 Å². The lowest BCUT2D eigenvalue weighted by Gasteiger charge is -2.30. The molecule has 1 aromatic heterocycles. The zero-order chi connectivity index (χ0) is 14.8. The smallest absolute Gasteiger partial charge is 0.125 e. The Morgan fingerprint density at radius 1 is 1.29 bits per heavy atom. The maximum atomic E-state index is 13.6. The molecule has 2 aromatic rings. The number of halogens is 2. The maximum Gasteiger partial charge on any atom is 0.125 e. The summed E-state index contributed by atoms with van der Waals surface area (Å²) in [6.45, 7) is 2.27. The van der Waals surface area contributed by atoms with Gasteiger partial charge in [0, 0.05) is 18.3 Å². The van der Waals surface area contributed by atoms with Crippen LogP contribution in [-0.4, -0.2) is 15.4 Å². The first-order chi connectivity index (χ1) is 10.2. The van der Waals surface area contributed by atoms with Crippen molar-refractivity contribution in [3.05, 3.63) is 29.8 Å². The van der Waals surface area contributed by atoms with Gasteiger partial charge in [0.1, 0.15) is 11.6 Å². The normalized spacial score (nSPS) is 22.8. The summed E-state index contributed by atoms with van der Waals surface area (Å²) in [6, 6.07) is 5.32. The SMILES string of the molecule is CCC1CCC(n2c(CCCl)nc3ccc(F)cc32)CC1. The Labute approximate surface area is 130 Å². The molecule has 1 fully saturated rings. The molecular weight excluding hydrogens is 287 g/mol. The van der Waals surface area contributed by atoms with Crippen LogP contribution in [0.5, 0.6) is 0 Å². The van der Waals surface area contributed by atoms with Crippen molar-refractivity contribution >= 4 is 22.6 Å². The van der Waals surface area contributed by atoms with Crippen LogP contribution in [0.25, 0.3) is 11.0 Å². The number of alkyl halides is 1. The van der Waals surface area contributed by atoms with E-state index in [1.54, 1.807) is 12.1 Å².